The Morgan fingerprint density at radius 2 is 0.851 bits per heavy atom. The summed E-state index contributed by atoms with van der Waals surface area (Å²) in [4.78, 5) is 0. The molecule has 1 nitrogen and oxygen atoms in total. The Kier molecular flexibility index (Phi) is 5.64. The average molecular weight is 597 g/mol. The zero-order chi connectivity index (χ0) is 30.9. The van der Waals surface area contributed by atoms with Crippen LogP contribution in [0.4, 0.5) is 0 Å². The van der Waals surface area contributed by atoms with Crippen molar-refractivity contribution in [1.29, 1.82) is 0 Å². The Hall–Kier alpha value is -6.18. The van der Waals surface area contributed by atoms with Gasteiger partial charge >= 0.3 is 0 Å². The van der Waals surface area contributed by atoms with Gasteiger partial charge in [-0.2, -0.15) is 0 Å². The molecular formula is C46H28O. The zero-order valence-electron chi connectivity index (χ0n) is 25.6. The van der Waals surface area contributed by atoms with Crippen LogP contribution in [-0.4, -0.2) is 0 Å². The van der Waals surface area contributed by atoms with E-state index in [-0.39, 0.29) is 0 Å². The summed E-state index contributed by atoms with van der Waals surface area (Å²) in [6.45, 7) is 0. The molecule has 218 valence electrons. The molecule has 0 fully saturated rings. The number of furan rings is 1. The van der Waals surface area contributed by atoms with E-state index in [1.807, 2.05) is 0 Å². The van der Waals surface area contributed by atoms with Crippen molar-refractivity contribution < 1.29 is 4.42 Å². The third-order valence-electron chi connectivity index (χ3n) is 9.86. The lowest BCUT2D eigenvalue weighted by atomic mass is 9.84. The van der Waals surface area contributed by atoms with Crippen molar-refractivity contribution >= 4 is 65.0 Å². The van der Waals surface area contributed by atoms with Gasteiger partial charge in [0.2, 0.25) is 0 Å². The SMILES string of the molecule is c1ccc(-c2c3ccccc3c(-c3ccc(-c4ccc5c(c4)oc4ccc6ccccc6c45)c4ccccc34)c3ccccc23)cc1. The van der Waals surface area contributed by atoms with E-state index in [0.29, 0.717) is 0 Å². The van der Waals surface area contributed by atoms with Crippen LogP contribution in [0.3, 0.4) is 0 Å². The van der Waals surface area contributed by atoms with E-state index in [1.165, 1.54) is 76.3 Å². The van der Waals surface area contributed by atoms with E-state index in [4.69, 9.17) is 4.42 Å². The molecule has 47 heavy (non-hydrogen) atoms. The first-order valence-electron chi connectivity index (χ1n) is 16.2. The summed E-state index contributed by atoms with van der Waals surface area (Å²) in [7, 11) is 0. The molecule has 0 unspecified atom stereocenters. The highest BCUT2D eigenvalue weighted by molar-refractivity contribution is 6.24. The van der Waals surface area contributed by atoms with Crippen LogP contribution >= 0.6 is 0 Å². The highest BCUT2D eigenvalue weighted by atomic mass is 16.3. The lowest BCUT2D eigenvalue weighted by Crippen LogP contribution is -1.92. The normalized spacial score (nSPS) is 11.8. The number of benzene rings is 9. The van der Waals surface area contributed by atoms with Crippen LogP contribution in [-0.2, 0) is 0 Å². The van der Waals surface area contributed by atoms with Gasteiger partial charge < -0.3 is 4.42 Å². The maximum absolute atomic E-state index is 6.47. The van der Waals surface area contributed by atoms with E-state index in [2.05, 4.69) is 170 Å². The molecule has 0 atom stereocenters. The summed E-state index contributed by atoms with van der Waals surface area (Å²) >= 11 is 0. The molecule has 0 saturated carbocycles. The van der Waals surface area contributed by atoms with E-state index in [1.54, 1.807) is 0 Å². The van der Waals surface area contributed by atoms with Crippen LogP contribution in [0.15, 0.2) is 174 Å². The van der Waals surface area contributed by atoms with Crippen molar-refractivity contribution in [2.45, 2.75) is 0 Å². The Bertz CT molecular complexity index is 2780. The van der Waals surface area contributed by atoms with Gasteiger partial charge in [-0.1, -0.05) is 152 Å². The zero-order valence-corrected chi connectivity index (χ0v) is 25.6. The van der Waals surface area contributed by atoms with Crippen molar-refractivity contribution in [3.8, 4) is 33.4 Å². The van der Waals surface area contributed by atoms with Crippen molar-refractivity contribution in [2.24, 2.45) is 0 Å². The molecule has 0 aliphatic heterocycles. The largest absolute Gasteiger partial charge is 0.456 e. The third-order valence-corrected chi connectivity index (χ3v) is 9.86. The van der Waals surface area contributed by atoms with Gasteiger partial charge in [-0.15, -0.1) is 0 Å². The molecule has 0 aliphatic rings. The standard InChI is InChI=1S/C46H28O/c1-2-13-30(14-3-1)44-36-18-8-10-20-38(36)45(39-21-11-9-19-37(39)44)40-26-25-32(34-16-6-7-17-35(34)40)31-22-24-41-43(28-31)47-42-27-23-29-12-4-5-15-33(29)46(41)42/h1-28H. The molecule has 0 spiro atoms. The second kappa shape index (κ2) is 10.2. The quantitative estimate of drug-likeness (QED) is 0.185. The highest BCUT2D eigenvalue weighted by Gasteiger charge is 2.19. The van der Waals surface area contributed by atoms with Crippen LogP contribution in [0.25, 0.3) is 98.4 Å². The van der Waals surface area contributed by atoms with Crippen LogP contribution in [0, 0.1) is 0 Å². The first-order valence-corrected chi connectivity index (χ1v) is 16.2. The highest BCUT2D eigenvalue weighted by Crippen LogP contribution is 2.46. The molecule has 10 aromatic rings. The lowest BCUT2D eigenvalue weighted by Gasteiger charge is -2.19. The minimum atomic E-state index is 0.912. The van der Waals surface area contributed by atoms with Gasteiger partial charge in [0.25, 0.3) is 0 Å². The minimum absolute atomic E-state index is 0.912. The summed E-state index contributed by atoms with van der Waals surface area (Å²) in [5, 5.41) is 12.3. The molecule has 0 aliphatic carbocycles. The maximum Gasteiger partial charge on any atom is 0.136 e. The fraction of sp³-hybridized carbons (Fsp3) is 0. The third kappa shape index (κ3) is 3.90. The Balaban J connectivity index is 1.22. The predicted octanol–water partition coefficient (Wildman–Crippen LogP) is 13.2. The smallest absolute Gasteiger partial charge is 0.136 e. The van der Waals surface area contributed by atoms with E-state index in [0.717, 1.165) is 22.1 Å². The number of hydrogen-bond acceptors (Lipinski definition) is 1. The molecular weight excluding hydrogens is 569 g/mol. The average Bonchev–Trinajstić information content (AvgIpc) is 3.52. The summed E-state index contributed by atoms with van der Waals surface area (Å²) in [5.74, 6) is 0. The first kappa shape index (κ1) is 26.1. The lowest BCUT2D eigenvalue weighted by molar-refractivity contribution is 0.669. The van der Waals surface area contributed by atoms with Crippen molar-refractivity contribution in [3.63, 3.8) is 0 Å². The molecule has 0 bridgehead atoms. The second-order valence-electron chi connectivity index (χ2n) is 12.4. The summed E-state index contributed by atoms with van der Waals surface area (Å²) in [6, 6.07) is 61.5. The second-order valence-corrected chi connectivity index (χ2v) is 12.4. The summed E-state index contributed by atoms with van der Waals surface area (Å²) < 4.78 is 6.47. The molecule has 0 saturated heterocycles. The Labute approximate surface area is 271 Å². The van der Waals surface area contributed by atoms with Crippen LogP contribution in [0.1, 0.15) is 0 Å². The molecule has 9 aromatic carbocycles. The Morgan fingerprint density at radius 3 is 1.55 bits per heavy atom. The monoisotopic (exact) mass is 596 g/mol. The number of hydrogen-bond donors (Lipinski definition) is 0. The molecule has 1 heterocycles. The van der Waals surface area contributed by atoms with E-state index in [9.17, 15) is 0 Å². The van der Waals surface area contributed by atoms with Crippen LogP contribution in [0.5, 0.6) is 0 Å². The van der Waals surface area contributed by atoms with Crippen molar-refractivity contribution in [2.75, 3.05) is 0 Å². The van der Waals surface area contributed by atoms with Crippen molar-refractivity contribution in [3.05, 3.63) is 170 Å². The first-order chi connectivity index (χ1) is 23.3. The molecule has 0 radical (unpaired) electrons. The topological polar surface area (TPSA) is 13.1 Å². The van der Waals surface area contributed by atoms with Crippen molar-refractivity contribution in [1.82, 2.24) is 0 Å². The van der Waals surface area contributed by atoms with Gasteiger partial charge in [0.05, 0.1) is 0 Å². The number of fused-ring (bicyclic) bond motifs is 8. The molecule has 1 aromatic heterocycles. The van der Waals surface area contributed by atoms with E-state index >= 15 is 0 Å². The number of rotatable bonds is 3. The fourth-order valence-electron chi connectivity index (χ4n) is 7.82. The van der Waals surface area contributed by atoms with Gasteiger partial charge in [0, 0.05) is 10.8 Å². The molecule has 10 rings (SSSR count). The molecule has 1 heteroatoms. The molecule has 0 amide bonds. The Morgan fingerprint density at radius 1 is 0.298 bits per heavy atom. The van der Waals surface area contributed by atoms with Gasteiger partial charge in [0.1, 0.15) is 11.2 Å². The maximum atomic E-state index is 6.47. The minimum Gasteiger partial charge on any atom is -0.456 e. The van der Waals surface area contributed by atoms with Crippen LogP contribution < -0.4 is 0 Å². The molecule has 0 N–H and O–H groups in total. The van der Waals surface area contributed by atoms with Gasteiger partial charge in [0.15, 0.2) is 0 Å². The van der Waals surface area contributed by atoms with Gasteiger partial charge in [-0.05, 0) is 94.7 Å². The fourth-order valence-corrected chi connectivity index (χ4v) is 7.82. The van der Waals surface area contributed by atoms with E-state index < -0.39 is 0 Å². The predicted molar refractivity (Wildman–Crippen MR) is 200 cm³/mol. The summed E-state index contributed by atoms with van der Waals surface area (Å²) in [5.41, 5.74) is 9.23. The summed E-state index contributed by atoms with van der Waals surface area (Å²) in [6.07, 6.45) is 0. The van der Waals surface area contributed by atoms with Gasteiger partial charge in [-0.3, -0.25) is 0 Å². The van der Waals surface area contributed by atoms with Crippen LogP contribution in [0.2, 0.25) is 0 Å². The van der Waals surface area contributed by atoms with Gasteiger partial charge in [-0.25, -0.2) is 0 Å².